The van der Waals surface area contributed by atoms with Gasteiger partial charge in [0.25, 0.3) is 0 Å². The van der Waals surface area contributed by atoms with E-state index >= 15 is 0 Å². The van der Waals surface area contributed by atoms with Crippen molar-refractivity contribution in [3.8, 4) is 5.75 Å². The van der Waals surface area contributed by atoms with Crippen LogP contribution in [0.4, 0.5) is 0 Å². The van der Waals surface area contributed by atoms with Crippen LogP contribution in [0.5, 0.6) is 5.75 Å². The second-order valence-corrected chi connectivity index (χ2v) is 7.66. The van der Waals surface area contributed by atoms with Gasteiger partial charge in [-0.25, -0.2) is 9.59 Å². The Kier molecular flexibility index (Phi) is 5.75. The van der Waals surface area contributed by atoms with Crippen molar-refractivity contribution in [3.63, 3.8) is 0 Å². The van der Waals surface area contributed by atoms with E-state index in [0.29, 0.717) is 13.0 Å². The second kappa shape index (κ2) is 8.09. The topological polar surface area (TPSA) is 87.1 Å². The fourth-order valence-corrected chi connectivity index (χ4v) is 4.00. The lowest BCUT2D eigenvalue weighted by molar-refractivity contribution is -0.135. The Morgan fingerprint density at radius 2 is 1.79 bits per heavy atom. The number of hydrogen-bond acceptors (Lipinski definition) is 4. The van der Waals surface area contributed by atoms with Gasteiger partial charge in [0.2, 0.25) is 0 Å². The van der Waals surface area contributed by atoms with Crippen molar-refractivity contribution in [2.45, 2.75) is 24.8 Å². The molecule has 2 aromatic carbocycles. The molecule has 1 aliphatic rings. The highest BCUT2D eigenvalue weighted by molar-refractivity contribution is 5.95. The van der Waals surface area contributed by atoms with Gasteiger partial charge in [-0.15, -0.1) is 0 Å². The lowest BCUT2D eigenvalue weighted by Crippen LogP contribution is -2.42. The van der Waals surface area contributed by atoms with Crippen LogP contribution in [0.3, 0.4) is 0 Å². The minimum atomic E-state index is -1.28. The minimum absolute atomic E-state index is 0.154. The Morgan fingerprint density at radius 1 is 1.14 bits per heavy atom. The van der Waals surface area contributed by atoms with E-state index in [9.17, 15) is 19.8 Å². The third kappa shape index (κ3) is 4.03. The van der Waals surface area contributed by atoms with Gasteiger partial charge in [0.1, 0.15) is 12.4 Å². The molecular formula is C23H25NO5. The van der Waals surface area contributed by atoms with Crippen molar-refractivity contribution < 1.29 is 24.5 Å². The van der Waals surface area contributed by atoms with Crippen molar-refractivity contribution in [1.82, 2.24) is 4.90 Å². The molecule has 2 unspecified atom stereocenters. The van der Waals surface area contributed by atoms with Crippen LogP contribution in [0.25, 0.3) is 0 Å². The fourth-order valence-electron chi connectivity index (χ4n) is 4.00. The molecule has 0 saturated carbocycles. The first-order chi connectivity index (χ1) is 13.7. The first-order valence-electron chi connectivity index (χ1n) is 9.38. The first-order valence-corrected chi connectivity index (χ1v) is 9.38. The summed E-state index contributed by atoms with van der Waals surface area (Å²) < 4.78 is 6.00. The third-order valence-electron chi connectivity index (χ3n) is 5.53. The molecule has 3 rings (SSSR count). The third-order valence-corrected chi connectivity index (χ3v) is 5.53. The monoisotopic (exact) mass is 395 g/mol. The van der Waals surface area contributed by atoms with Crippen LogP contribution in [0.15, 0.2) is 60.2 Å². The maximum absolute atomic E-state index is 11.9. The van der Waals surface area contributed by atoms with Gasteiger partial charge in [-0.2, -0.15) is 0 Å². The zero-order valence-electron chi connectivity index (χ0n) is 16.8. The highest BCUT2D eigenvalue weighted by atomic mass is 16.5. The zero-order valence-corrected chi connectivity index (χ0v) is 16.8. The number of aryl methyl sites for hydroxylation is 1. The molecule has 0 bridgehead atoms. The standard InChI is InChI=1S/C23H25NO5/c1-15-8-10-16(11-9-15)23(14-29-20-7-5-4-6-18(20)23)13-19(24(2)3)17(22(27)28)12-21(25)26/h4-12,19H,13-14H2,1-3H3,(H,25,26)(H,27,28)/b17-12+. The van der Waals surface area contributed by atoms with Gasteiger partial charge in [0.15, 0.2) is 0 Å². The van der Waals surface area contributed by atoms with Crippen LogP contribution in [0.2, 0.25) is 0 Å². The smallest absolute Gasteiger partial charge is 0.333 e. The molecule has 0 fully saturated rings. The average molecular weight is 395 g/mol. The molecule has 29 heavy (non-hydrogen) atoms. The van der Waals surface area contributed by atoms with E-state index in [-0.39, 0.29) is 5.57 Å². The van der Waals surface area contributed by atoms with Crippen LogP contribution in [-0.2, 0) is 15.0 Å². The molecule has 2 atom stereocenters. The molecule has 6 nitrogen and oxygen atoms in total. The van der Waals surface area contributed by atoms with E-state index < -0.39 is 23.4 Å². The molecule has 0 spiro atoms. The summed E-state index contributed by atoms with van der Waals surface area (Å²) in [5.74, 6) is -1.75. The molecule has 1 aliphatic heterocycles. The Bertz CT molecular complexity index is 948. The maximum atomic E-state index is 11.9. The van der Waals surface area contributed by atoms with E-state index in [1.807, 2.05) is 55.5 Å². The second-order valence-electron chi connectivity index (χ2n) is 7.66. The summed E-state index contributed by atoms with van der Waals surface area (Å²) in [6.45, 7) is 2.37. The molecule has 0 aromatic heterocycles. The number of carboxylic acid groups (broad SMARTS) is 2. The van der Waals surface area contributed by atoms with Gasteiger partial charge in [0, 0.05) is 17.7 Å². The molecule has 2 aromatic rings. The summed E-state index contributed by atoms with van der Waals surface area (Å²) in [7, 11) is 3.52. The lowest BCUT2D eigenvalue weighted by atomic mass is 9.70. The van der Waals surface area contributed by atoms with E-state index in [1.165, 1.54) is 0 Å². The van der Waals surface area contributed by atoms with E-state index in [4.69, 9.17) is 4.74 Å². The van der Waals surface area contributed by atoms with Gasteiger partial charge < -0.3 is 19.8 Å². The fraction of sp³-hybridized carbons (Fsp3) is 0.304. The normalized spacial score (nSPS) is 19.5. The average Bonchev–Trinajstić information content (AvgIpc) is 3.04. The summed E-state index contributed by atoms with van der Waals surface area (Å²) in [5.41, 5.74) is 2.37. The highest BCUT2D eigenvalue weighted by Gasteiger charge is 2.45. The number of rotatable bonds is 7. The van der Waals surface area contributed by atoms with Gasteiger partial charge >= 0.3 is 11.9 Å². The Balaban J connectivity index is 2.16. The number of carboxylic acids is 2. The number of benzene rings is 2. The van der Waals surface area contributed by atoms with Crippen molar-refractivity contribution in [2.24, 2.45) is 0 Å². The Morgan fingerprint density at radius 3 is 2.38 bits per heavy atom. The number of hydrogen-bond donors (Lipinski definition) is 2. The van der Waals surface area contributed by atoms with Crippen LogP contribution in [0, 0.1) is 6.92 Å². The van der Waals surface area contributed by atoms with Gasteiger partial charge in [-0.3, -0.25) is 0 Å². The number of carbonyl (C=O) groups is 2. The van der Waals surface area contributed by atoms with Crippen LogP contribution < -0.4 is 4.74 Å². The largest absolute Gasteiger partial charge is 0.492 e. The maximum Gasteiger partial charge on any atom is 0.333 e. The molecule has 152 valence electrons. The van der Waals surface area contributed by atoms with Crippen LogP contribution in [-0.4, -0.2) is 53.8 Å². The summed E-state index contributed by atoms with van der Waals surface area (Å²) in [5, 5.41) is 18.9. The first kappa shape index (κ1) is 20.6. The summed E-state index contributed by atoms with van der Waals surface area (Å²) in [6.07, 6.45) is 1.16. The van der Waals surface area contributed by atoms with E-state index in [1.54, 1.807) is 19.0 Å². The Hall–Kier alpha value is -3.12. The number of fused-ring (bicyclic) bond motifs is 1. The molecule has 0 amide bonds. The number of likely N-dealkylation sites (N-methyl/N-ethyl adjacent to an activating group) is 1. The van der Waals surface area contributed by atoms with Gasteiger partial charge in [0.05, 0.1) is 11.0 Å². The number of nitrogens with zero attached hydrogens (tertiary/aromatic N) is 1. The Labute approximate surface area is 170 Å². The quantitative estimate of drug-likeness (QED) is 0.701. The van der Waals surface area contributed by atoms with Crippen LogP contribution >= 0.6 is 0 Å². The number of ether oxygens (including phenoxy) is 1. The highest BCUT2D eigenvalue weighted by Crippen LogP contribution is 2.47. The van der Waals surface area contributed by atoms with Crippen molar-refractivity contribution in [1.29, 1.82) is 0 Å². The molecular weight excluding hydrogens is 370 g/mol. The van der Waals surface area contributed by atoms with Gasteiger partial charge in [-0.1, -0.05) is 48.0 Å². The van der Waals surface area contributed by atoms with Gasteiger partial charge in [-0.05, 0) is 39.1 Å². The molecule has 0 aliphatic carbocycles. The zero-order chi connectivity index (χ0) is 21.2. The summed E-state index contributed by atoms with van der Waals surface area (Å²) in [6, 6.07) is 15.2. The molecule has 0 saturated heterocycles. The van der Waals surface area contributed by atoms with Crippen molar-refractivity contribution in [2.75, 3.05) is 20.7 Å². The minimum Gasteiger partial charge on any atom is -0.492 e. The van der Waals surface area contributed by atoms with E-state index in [2.05, 4.69) is 0 Å². The van der Waals surface area contributed by atoms with E-state index in [0.717, 1.165) is 28.5 Å². The summed E-state index contributed by atoms with van der Waals surface area (Å²) in [4.78, 5) is 24.9. The molecule has 2 N–H and O–H groups in total. The SMILES string of the molecule is Cc1ccc(C2(CC(/C(=C\C(=O)O)C(=O)O)N(C)C)COc3ccccc32)cc1. The predicted octanol–water partition coefficient (Wildman–Crippen LogP) is 3.09. The molecule has 0 radical (unpaired) electrons. The number of para-hydroxylation sites is 1. The molecule has 6 heteroatoms. The van der Waals surface area contributed by atoms with Crippen LogP contribution in [0.1, 0.15) is 23.1 Å². The van der Waals surface area contributed by atoms with Crippen molar-refractivity contribution in [3.05, 3.63) is 76.9 Å². The predicted molar refractivity (Wildman–Crippen MR) is 109 cm³/mol. The number of aliphatic carboxylic acids is 2. The summed E-state index contributed by atoms with van der Waals surface area (Å²) >= 11 is 0. The van der Waals surface area contributed by atoms with Crippen molar-refractivity contribution >= 4 is 11.9 Å². The lowest BCUT2D eigenvalue weighted by Gasteiger charge is -2.36. The molecule has 1 heterocycles.